The van der Waals surface area contributed by atoms with E-state index in [-0.39, 0.29) is 0 Å². The zero-order valence-corrected chi connectivity index (χ0v) is 11.6. The van der Waals surface area contributed by atoms with Crippen molar-refractivity contribution in [2.75, 3.05) is 0 Å². The first-order valence-electron chi connectivity index (χ1n) is 5.10. The van der Waals surface area contributed by atoms with Gasteiger partial charge in [0.1, 0.15) is 0 Å². The van der Waals surface area contributed by atoms with Gasteiger partial charge >= 0.3 is 0 Å². The highest BCUT2D eigenvalue weighted by molar-refractivity contribution is 9.10. The topological polar surface area (TPSA) is 0 Å². The maximum absolute atomic E-state index is 6.02. The molecule has 0 spiro atoms. The number of rotatable bonds is 1. The molecule has 0 N–H and O–H groups in total. The molecule has 0 unspecified atom stereocenters. The Morgan fingerprint density at radius 3 is 2.38 bits per heavy atom. The first-order valence-corrected chi connectivity index (χ1v) is 6.27. The Bertz CT molecular complexity index is 532. The lowest BCUT2D eigenvalue weighted by Gasteiger charge is -2.08. The van der Waals surface area contributed by atoms with Gasteiger partial charge in [-0.05, 0) is 54.3 Å². The molecular formula is C14H12BrCl. The Balaban J connectivity index is 2.58. The van der Waals surface area contributed by atoms with Gasteiger partial charge in [0.25, 0.3) is 0 Å². The standard InChI is InChI=1S/C14H12BrCl/c1-9-3-4-11(7-10(9)2)13-8-12(16)5-6-14(13)15/h3-8H,1-2H3. The van der Waals surface area contributed by atoms with E-state index in [2.05, 4.69) is 48.0 Å². The molecule has 0 fully saturated rings. The van der Waals surface area contributed by atoms with Crippen molar-refractivity contribution in [3.05, 3.63) is 57.0 Å². The molecule has 0 aliphatic rings. The highest BCUT2D eigenvalue weighted by Crippen LogP contribution is 2.31. The smallest absolute Gasteiger partial charge is 0.0412 e. The van der Waals surface area contributed by atoms with E-state index in [0.29, 0.717) is 0 Å². The normalized spacial score (nSPS) is 10.5. The molecule has 0 aromatic heterocycles. The molecule has 0 aliphatic heterocycles. The molecule has 16 heavy (non-hydrogen) atoms. The van der Waals surface area contributed by atoms with Gasteiger partial charge in [0, 0.05) is 9.50 Å². The van der Waals surface area contributed by atoms with Crippen LogP contribution in [0.25, 0.3) is 11.1 Å². The van der Waals surface area contributed by atoms with Gasteiger partial charge < -0.3 is 0 Å². The molecule has 0 nitrogen and oxygen atoms in total. The minimum atomic E-state index is 0.761. The lowest BCUT2D eigenvalue weighted by molar-refractivity contribution is 1.34. The van der Waals surface area contributed by atoms with Crippen LogP contribution in [-0.2, 0) is 0 Å². The average molecular weight is 296 g/mol. The number of aryl methyl sites for hydroxylation is 2. The molecule has 2 aromatic rings. The summed E-state index contributed by atoms with van der Waals surface area (Å²) in [6.07, 6.45) is 0. The Kier molecular flexibility index (Phi) is 3.36. The summed E-state index contributed by atoms with van der Waals surface area (Å²) < 4.78 is 1.07. The quantitative estimate of drug-likeness (QED) is 0.662. The number of benzene rings is 2. The third kappa shape index (κ3) is 2.31. The van der Waals surface area contributed by atoms with Gasteiger partial charge in [-0.25, -0.2) is 0 Å². The number of hydrogen-bond acceptors (Lipinski definition) is 0. The van der Waals surface area contributed by atoms with Crippen LogP contribution in [0.15, 0.2) is 40.9 Å². The SMILES string of the molecule is Cc1ccc(-c2cc(Cl)ccc2Br)cc1C. The van der Waals surface area contributed by atoms with Crippen molar-refractivity contribution >= 4 is 27.5 Å². The fourth-order valence-electron chi connectivity index (χ4n) is 1.63. The maximum Gasteiger partial charge on any atom is 0.0412 e. The van der Waals surface area contributed by atoms with E-state index in [0.717, 1.165) is 15.1 Å². The Hall–Kier alpha value is -0.790. The molecule has 0 amide bonds. The second-order valence-electron chi connectivity index (χ2n) is 3.92. The molecule has 0 saturated carbocycles. The summed E-state index contributed by atoms with van der Waals surface area (Å²) in [5.74, 6) is 0. The van der Waals surface area contributed by atoms with E-state index in [1.54, 1.807) is 0 Å². The second-order valence-corrected chi connectivity index (χ2v) is 5.21. The zero-order valence-electron chi connectivity index (χ0n) is 9.22. The van der Waals surface area contributed by atoms with Crippen LogP contribution >= 0.6 is 27.5 Å². The molecular weight excluding hydrogens is 284 g/mol. The highest BCUT2D eigenvalue weighted by atomic mass is 79.9. The van der Waals surface area contributed by atoms with Gasteiger partial charge in [-0.1, -0.05) is 45.7 Å². The van der Waals surface area contributed by atoms with Crippen LogP contribution in [-0.4, -0.2) is 0 Å². The van der Waals surface area contributed by atoms with Crippen molar-refractivity contribution in [1.29, 1.82) is 0 Å². The summed E-state index contributed by atoms with van der Waals surface area (Å²) >= 11 is 9.57. The fourth-order valence-corrected chi connectivity index (χ4v) is 2.28. The molecule has 0 saturated heterocycles. The largest absolute Gasteiger partial charge is 0.0843 e. The molecule has 82 valence electrons. The molecule has 0 aliphatic carbocycles. The first kappa shape index (κ1) is 11.7. The van der Waals surface area contributed by atoms with Crippen LogP contribution in [0.2, 0.25) is 5.02 Å². The van der Waals surface area contributed by atoms with Crippen molar-refractivity contribution in [3.63, 3.8) is 0 Å². The monoisotopic (exact) mass is 294 g/mol. The van der Waals surface area contributed by atoms with Crippen LogP contribution in [0.4, 0.5) is 0 Å². The molecule has 0 atom stereocenters. The summed E-state index contributed by atoms with van der Waals surface area (Å²) in [4.78, 5) is 0. The van der Waals surface area contributed by atoms with E-state index in [1.807, 2.05) is 18.2 Å². The van der Waals surface area contributed by atoms with Crippen LogP contribution in [0.1, 0.15) is 11.1 Å². The Morgan fingerprint density at radius 1 is 0.938 bits per heavy atom. The fraction of sp³-hybridized carbons (Fsp3) is 0.143. The van der Waals surface area contributed by atoms with Gasteiger partial charge in [0.2, 0.25) is 0 Å². The predicted octanol–water partition coefficient (Wildman–Crippen LogP) is 5.39. The van der Waals surface area contributed by atoms with E-state index < -0.39 is 0 Å². The van der Waals surface area contributed by atoms with Crippen molar-refractivity contribution < 1.29 is 0 Å². The Labute approximate surface area is 109 Å². The van der Waals surface area contributed by atoms with Crippen molar-refractivity contribution in [2.24, 2.45) is 0 Å². The summed E-state index contributed by atoms with van der Waals surface area (Å²) in [5, 5.41) is 0.761. The van der Waals surface area contributed by atoms with Gasteiger partial charge in [-0.3, -0.25) is 0 Å². The molecule has 2 aromatic carbocycles. The minimum absolute atomic E-state index is 0.761. The number of halogens is 2. The number of hydrogen-bond donors (Lipinski definition) is 0. The van der Waals surface area contributed by atoms with Crippen LogP contribution < -0.4 is 0 Å². The lowest BCUT2D eigenvalue weighted by Crippen LogP contribution is -1.84. The highest BCUT2D eigenvalue weighted by Gasteiger charge is 2.05. The van der Waals surface area contributed by atoms with E-state index in [9.17, 15) is 0 Å². The first-order chi connectivity index (χ1) is 7.58. The van der Waals surface area contributed by atoms with E-state index in [4.69, 9.17) is 11.6 Å². The summed E-state index contributed by atoms with van der Waals surface area (Å²) in [6, 6.07) is 12.3. The van der Waals surface area contributed by atoms with Gasteiger partial charge in [0.05, 0.1) is 0 Å². The van der Waals surface area contributed by atoms with E-state index >= 15 is 0 Å². The maximum atomic E-state index is 6.02. The van der Waals surface area contributed by atoms with Crippen LogP contribution in [0.5, 0.6) is 0 Å². The minimum Gasteiger partial charge on any atom is -0.0843 e. The van der Waals surface area contributed by atoms with Gasteiger partial charge in [-0.15, -0.1) is 0 Å². The summed E-state index contributed by atoms with van der Waals surface area (Å²) in [7, 11) is 0. The van der Waals surface area contributed by atoms with Crippen LogP contribution in [0.3, 0.4) is 0 Å². The van der Waals surface area contributed by atoms with Gasteiger partial charge in [-0.2, -0.15) is 0 Å². The summed E-state index contributed by atoms with van der Waals surface area (Å²) in [6.45, 7) is 4.24. The molecule has 2 rings (SSSR count). The van der Waals surface area contributed by atoms with Crippen molar-refractivity contribution in [1.82, 2.24) is 0 Å². The Morgan fingerprint density at radius 2 is 1.69 bits per heavy atom. The third-order valence-corrected chi connectivity index (χ3v) is 3.67. The molecule has 2 heteroatoms. The predicted molar refractivity (Wildman–Crippen MR) is 74.1 cm³/mol. The van der Waals surface area contributed by atoms with Crippen LogP contribution in [0, 0.1) is 13.8 Å². The molecule has 0 bridgehead atoms. The van der Waals surface area contributed by atoms with Crippen molar-refractivity contribution in [3.8, 4) is 11.1 Å². The van der Waals surface area contributed by atoms with Crippen molar-refractivity contribution in [2.45, 2.75) is 13.8 Å². The second kappa shape index (κ2) is 4.60. The molecule has 0 radical (unpaired) electrons. The third-order valence-electron chi connectivity index (χ3n) is 2.75. The zero-order chi connectivity index (χ0) is 11.7. The van der Waals surface area contributed by atoms with E-state index in [1.165, 1.54) is 16.7 Å². The average Bonchev–Trinajstić information content (AvgIpc) is 2.26. The molecule has 0 heterocycles. The lowest BCUT2D eigenvalue weighted by atomic mass is 10.0. The summed E-state index contributed by atoms with van der Waals surface area (Å²) in [5.41, 5.74) is 4.93. The van der Waals surface area contributed by atoms with Gasteiger partial charge in [0.15, 0.2) is 0 Å².